The minimum Gasteiger partial charge on any atom is -0.465 e. The Hall–Kier alpha value is -3.36. The van der Waals surface area contributed by atoms with Crippen LogP contribution in [0.2, 0.25) is 0 Å². The monoisotopic (exact) mass is 411 g/mol. The molecular formula is C21H25N5O4. The van der Waals surface area contributed by atoms with Gasteiger partial charge in [-0.15, -0.1) is 0 Å². The molecule has 0 radical (unpaired) electrons. The van der Waals surface area contributed by atoms with Crippen LogP contribution in [-0.2, 0) is 29.7 Å². The van der Waals surface area contributed by atoms with Crippen molar-refractivity contribution in [1.82, 2.24) is 18.7 Å². The molecule has 30 heavy (non-hydrogen) atoms. The number of nitrogens with zero attached hydrogens (tertiary/aromatic N) is 5. The molecule has 0 aliphatic carbocycles. The summed E-state index contributed by atoms with van der Waals surface area (Å²) in [6.07, 6.45) is 0. The van der Waals surface area contributed by atoms with Crippen LogP contribution in [0.1, 0.15) is 19.4 Å². The van der Waals surface area contributed by atoms with Gasteiger partial charge in [-0.3, -0.25) is 14.2 Å². The average molecular weight is 411 g/mol. The standard InChI is InChI=1S/C21H25N5O4/c1-5-30-16(27)12-26-19(28)17-18(23(4)21(26)29)22-20-24(10-14(3)11-25(17)20)15-8-6-13(2)7-9-15/h6-9,14H,5,10-12H2,1-4H3/t14-/m1/s1. The number of ether oxygens (including phenoxy) is 1. The molecule has 3 aromatic rings. The fraction of sp³-hybridized carbons (Fsp3) is 0.429. The first-order valence-electron chi connectivity index (χ1n) is 10.0. The maximum Gasteiger partial charge on any atom is 0.333 e. The third-order valence-corrected chi connectivity index (χ3v) is 5.38. The van der Waals surface area contributed by atoms with Crippen molar-refractivity contribution in [2.75, 3.05) is 18.1 Å². The number of esters is 1. The molecule has 2 aromatic heterocycles. The number of hydrogen-bond donors (Lipinski definition) is 0. The van der Waals surface area contributed by atoms with Gasteiger partial charge in [-0.25, -0.2) is 9.36 Å². The third kappa shape index (κ3) is 3.20. The highest BCUT2D eigenvalue weighted by molar-refractivity contribution is 5.77. The lowest BCUT2D eigenvalue weighted by Crippen LogP contribution is -2.42. The van der Waals surface area contributed by atoms with Crippen LogP contribution in [0.25, 0.3) is 11.2 Å². The quantitative estimate of drug-likeness (QED) is 0.605. The second-order valence-electron chi connectivity index (χ2n) is 7.78. The third-order valence-electron chi connectivity index (χ3n) is 5.38. The fourth-order valence-electron chi connectivity index (χ4n) is 3.92. The van der Waals surface area contributed by atoms with Crippen LogP contribution in [-0.4, -0.2) is 37.8 Å². The predicted molar refractivity (Wildman–Crippen MR) is 113 cm³/mol. The highest BCUT2D eigenvalue weighted by Crippen LogP contribution is 2.32. The first-order chi connectivity index (χ1) is 14.3. The predicted octanol–water partition coefficient (Wildman–Crippen LogP) is 1.56. The molecular weight excluding hydrogens is 386 g/mol. The molecule has 4 rings (SSSR count). The molecule has 0 unspecified atom stereocenters. The molecule has 0 amide bonds. The number of rotatable bonds is 4. The second kappa shape index (κ2) is 7.47. The molecule has 0 fully saturated rings. The van der Waals surface area contributed by atoms with E-state index >= 15 is 0 Å². The molecule has 9 nitrogen and oxygen atoms in total. The smallest absolute Gasteiger partial charge is 0.333 e. The number of hydrogen-bond acceptors (Lipinski definition) is 6. The van der Waals surface area contributed by atoms with Crippen molar-refractivity contribution in [1.29, 1.82) is 0 Å². The van der Waals surface area contributed by atoms with E-state index < -0.39 is 23.8 Å². The van der Waals surface area contributed by atoms with Crippen LogP contribution < -0.4 is 16.1 Å². The lowest BCUT2D eigenvalue weighted by atomic mass is 10.1. The number of anilines is 2. The van der Waals surface area contributed by atoms with Gasteiger partial charge in [0, 0.05) is 25.8 Å². The topological polar surface area (TPSA) is 91.4 Å². The molecule has 9 heteroatoms. The van der Waals surface area contributed by atoms with Gasteiger partial charge in [0.15, 0.2) is 11.2 Å². The number of aromatic nitrogens is 4. The zero-order chi connectivity index (χ0) is 21.6. The number of imidazole rings is 1. The molecule has 1 atom stereocenters. The van der Waals surface area contributed by atoms with E-state index in [1.165, 1.54) is 4.57 Å². The fourth-order valence-corrected chi connectivity index (χ4v) is 3.92. The molecule has 0 saturated heterocycles. The summed E-state index contributed by atoms with van der Waals surface area (Å²) in [6.45, 7) is 6.91. The molecule has 0 saturated carbocycles. The highest BCUT2D eigenvalue weighted by Gasteiger charge is 2.30. The SMILES string of the molecule is CCOC(=O)Cn1c(=O)c2c(nc3n2C[C@H](C)CN3c2ccc(C)cc2)n(C)c1=O. The van der Waals surface area contributed by atoms with Gasteiger partial charge in [0.25, 0.3) is 5.56 Å². The molecule has 1 aromatic carbocycles. The normalized spacial score (nSPS) is 16.0. The Bertz CT molecular complexity index is 1240. The van der Waals surface area contributed by atoms with Crippen LogP contribution in [0.5, 0.6) is 0 Å². The summed E-state index contributed by atoms with van der Waals surface area (Å²) in [5.41, 5.74) is 1.64. The van der Waals surface area contributed by atoms with Crippen molar-refractivity contribution in [2.24, 2.45) is 13.0 Å². The molecule has 1 aliphatic heterocycles. The summed E-state index contributed by atoms with van der Waals surface area (Å²) < 4.78 is 9.02. The van der Waals surface area contributed by atoms with Crippen LogP contribution >= 0.6 is 0 Å². The van der Waals surface area contributed by atoms with E-state index in [1.807, 2.05) is 35.8 Å². The van der Waals surface area contributed by atoms with Gasteiger partial charge in [0.1, 0.15) is 6.54 Å². The summed E-state index contributed by atoms with van der Waals surface area (Å²) >= 11 is 0. The van der Waals surface area contributed by atoms with Gasteiger partial charge in [-0.2, -0.15) is 4.98 Å². The zero-order valence-corrected chi connectivity index (χ0v) is 17.6. The van der Waals surface area contributed by atoms with Crippen LogP contribution in [0.4, 0.5) is 11.6 Å². The maximum absolute atomic E-state index is 13.2. The van der Waals surface area contributed by atoms with Crippen molar-refractivity contribution in [3.63, 3.8) is 0 Å². The zero-order valence-electron chi connectivity index (χ0n) is 17.6. The number of fused-ring (bicyclic) bond motifs is 3. The van der Waals surface area contributed by atoms with Gasteiger partial charge >= 0.3 is 11.7 Å². The van der Waals surface area contributed by atoms with E-state index in [4.69, 9.17) is 4.74 Å². The van der Waals surface area contributed by atoms with Crippen molar-refractivity contribution in [2.45, 2.75) is 33.9 Å². The van der Waals surface area contributed by atoms with Crippen molar-refractivity contribution in [3.05, 3.63) is 50.7 Å². The average Bonchev–Trinajstić information content (AvgIpc) is 3.09. The first kappa shape index (κ1) is 19.9. The molecule has 158 valence electrons. The molecule has 0 bridgehead atoms. The minimum atomic E-state index is -0.621. The van der Waals surface area contributed by atoms with Gasteiger partial charge in [-0.05, 0) is 31.9 Å². The lowest BCUT2D eigenvalue weighted by molar-refractivity contribution is -0.143. The Labute approximate surface area is 173 Å². The molecule has 0 N–H and O–H groups in total. The maximum atomic E-state index is 13.2. The van der Waals surface area contributed by atoms with E-state index in [1.54, 1.807) is 14.0 Å². The summed E-state index contributed by atoms with van der Waals surface area (Å²) in [5.74, 6) is 0.253. The lowest BCUT2D eigenvalue weighted by Gasteiger charge is -2.33. The van der Waals surface area contributed by atoms with Crippen molar-refractivity contribution >= 4 is 28.8 Å². The Morgan fingerprint density at radius 1 is 1.20 bits per heavy atom. The summed E-state index contributed by atoms with van der Waals surface area (Å²) in [6, 6.07) is 8.11. The Morgan fingerprint density at radius 3 is 2.57 bits per heavy atom. The van der Waals surface area contributed by atoms with Crippen molar-refractivity contribution < 1.29 is 9.53 Å². The van der Waals surface area contributed by atoms with E-state index in [0.717, 1.165) is 22.4 Å². The number of carbonyl (C=O) groups excluding carboxylic acids is 1. The largest absolute Gasteiger partial charge is 0.465 e. The Morgan fingerprint density at radius 2 is 1.90 bits per heavy atom. The van der Waals surface area contributed by atoms with E-state index in [-0.39, 0.29) is 12.5 Å². The van der Waals surface area contributed by atoms with Crippen molar-refractivity contribution in [3.8, 4) is 0 Å². The van der Waals surface area contributed by atoms with Gasteiger partial charge in [-0.1, -0.05) is 24.6 Å². The van der Waals surface area contributed by atoms with E-state index in [2.05, 4.69) is 16.8 Å². The Balaban J connectivity index is 1.93. The number of carbonyl (C=O) groups is 1. The molecule has 1 aliphatic rings. The summed E-state index contributed by atoms with van der Waals surface area (Å²) in [5, 5.41) is 0. The summed E-state index contributed by atoms with van der Waals surface area (Å²) in [4.78, 5) is 44.7. The minimum absolute atomic E-state index is 0.182. The number of benzene rings is 1. The van der Waals surface area contributed by atoms with E-state index in [0.29, 0.717) is 23.7 Å². The molecule has 0 spiro atoms. The van der Waals surface area contributed by atoms with Crippen LogP contribution in [0.3, 0.4) is 0 Å². The first-order valence-corrected chi connectivity index (χ1v) is 10.0. The second-order valence-corrected chi connectivity index (χ2v) is 7.78. The van der Waals surface area contributed by atoms with Crippen LogP contribution in [0, 0.1) is 12.8 Å². The summed E-state index contributed by atoms with van der Waals surface area (Å²) in [7, 11) is 1.56. The van der Waals surface area contributed by atoms with Gasteiger partial charge in [0.05, 0.1) is 6.61 Å². The number of aryl methyl sites for hydroxylation is 2. The Kier molecular flexibility index (Phi) is 4.97. The molecule has 3 heterocycles. The van der Waals surface area contributed by atoms with Gasteiger partial charge < -0.3 is 14.2 Å². The van der Waals surface area contributed by atoms with Crippen LogP contribution in [0.15, 0.2) is 33.9 Å². The van der Waals surface area contributed by atoms with E-state index in [9.17, 15) is 14.4 Å². The van der Waals surface area contributed by atoms with Gasteiger partial charge in [0.2, 0.25) is 5.95 Å². The highest BCUT2D eigenvalue weighted by atomic mass is 16.5.